The van der Waals surface area contributed by atoms with Gasteiger partial charge < -0.3 is 9.64 Å². The molecule has 2 rings (SSSR count). The normalized spacial score (nSPS) is 17.2. The third-order valence-electron chi connectivity index (χ3n) is 3.86. The molecule has 0 atom stereocenters. The average Bonchev–Trinajstić information content (AvgIpc) is 2.57. The number of rotatable bonds is 5. The van der Waals surface area contributed by atoms with Crippen LogP contribution in [0.5, 0.6) is 5.75 Å². The van der Waals surface area contributed by atoms with Crippen molar-refractivity contribution in [3.8, 4) is 5.75 Å². The summed E-state index contributed by atoms with van der Waals surface area (Å²) < 4.78 is 31.9. The molecule has 0 aromatic heterocycles. The molecule has 0 bridgehead atoms. The van der Waals surface area contributed by atoms with E-state index in [9.17, 15) is 13.2 Å². The van der Waals surface area contributed by atoms with Gasteiger partial charge in [-0.05, 0) is 38.8 Å². The number of carbonyl (C=O) groups is 1. The highest BCUT2D eigenvalue weighted by Crippen LogP contribution is 2.38. The smallest absolute Gasteiger partial charge is 0.236 e. The van der Waals surface area contributed by atoms with Crippen molar-refractivity contribution in [1.82, 2.24) is 0 Å². The molecule has 6 nitrogen and oxygen atoms in total. The van der Waals surface area contributed by atoms with Crippen LogP contribution in [0, 0.1) is 11.3 Å². The first-order valence-corrected chi connectivity index (χ1v) is 9.80. The molecule has 1 aromatic carbocycles. The van der Waals surface area contributed by atoms with E-state index in [1.54, 1.807) is 30.0 Å². The fraction of sp³-hybridized carbons (Fsp3) is 0.588. The van der Waals surface area contributed by atoms with Gasteiger partial charge in [0.2, 0.25) is 15.9 Å². The number of ether oxygens (including phenoxy) is 1. The number of anilines is 2. The van der Waals surface area contributed by atoms with Gasteiger partial charge in [-0.1, -0.05) is 13.8 Å². The number of amides is 1. The highest BCUT2D eigenvalue weighted by Gasteiger charge is 2.38. The molecule has 1 aliphatic rings. The van der Waals surface area contributed by atoms with Crippen LogP contribution in [0.3, 0.4) is 0 Å². The van der Waals surface area contributed by atoms with Crippen molar-refractivity contribution in [2.45, 2.75) is 34.6 Å². The minimum Gasteiger partial charge on any atom is -0.490 e. The van der Waals surface area contributed by atoms with Gasteiger partial charge in [0.15, 0.2) is 0 Å². The number of carbonyl (C=O) groups excluding carboxylic acids is 1. The first-order chi connectivity index (χ1) is 11.1. The Morgan fingerprint density at radius 1 is 1.33 bits per heavy atom. The number of hydrogen-bond donors (Lipinski definition) is 1. The summed E-state index contributed by atoms with van der Waals surface area (Å²) in [7, 11) is -3.36. The van der Waals surface area contributed by atoms with E-state index in [0.29, 0.717) is 29.6 Å². The fourth-order valence-electron chi connectivity index (χ4n) is 2.51. The molecule has 134 valence electrons. The standard InChI is InChI=1S/C17H26N2O4S/c1-6-24(21,22)18-13-7-8-14-15(9-13)23-11-17(4,5)16(20)19(14)10-12(2)3/h7-9,12,18H,6,10-11H2,1-5H3. The van der Waals surface area contributed by atoms with Gasteiger partial charge in [-0.3, -0.25) is 9.52 Å². The van der Waals surface area contributed by atoms with Gasteiger partial charge in [-0.25, -0.2) is 8.42 Å². The fourth-order valence-corrected chi connectivity index (χ4v) is 3.14. The summed E-state index contributed by atoms with van der Waals surface area (Å²) in [5.41, 5.74) is 0.475. The minimum atomic E-state index is -3.36. The Labute approximate surface area is 144 Å². The lowest BCUT2D eigenvalue weighted by Crippen LogP contribution is -2.43. The molecule has 0 aliphatic carbocycles. The third-order valence-corrected chi connectivity index (χ3v) is 5.17. The number of nitrogens with one attached hydrogen (secondary N) is 1. The quantitative estimate of drug-likeness (QED) is 0.882. The van der Waals surface area contributed by atoms with Crippen LogP contribution in [-0.2, 0) is 14.8 Å². The third kappa shape index (κ3) is 4.01. The summed E-state index contributed by atoms with van der Waals surface area (Å²) in [5.74, 6) is 0.826. The molecular weight excluding hydrogens is 328 g/mol. The second-order valence-corrected chi connectivity index (χ2v) is 9.18. The Morgan fingerprint density at radius 3 is 2.58 bits per heavy atom. The van der Waals surface area contributed by atoms with Crippen molar-refractivity contribution in [2.75, 3.05) is 28.5 Å². The van der Waals surface area contributed by atoms with Crippen LogP contribution in [-0.4, -0.2) is 33.2 Å². The van der Waals surface area contributed by atoms with Crippen LogP contribution in [0.25, 0.3) is 0 Å². The molecule has 0 saturated carbocycles. The highest BCUT2D eigenvalue weighted by atomic mass is 32.2. The van der Waals surface area contributed by atoms with Crippen LogP contribution in [0.4, 0.5) is 11.4 Å². The molecule has 1 aromatic rings. The second-order valence-electron chi connectivity index (χ2n) is 7.17. The van der Waals surface area contributed by atoms with E-state index in [2.05, 4.69) is 18.6 Å². The molecule has 1 N–H and O–H groups in total. The van der Waals surface area contributed by atoms with Gasteiger partial charge in [-0.15, -0.1) is 0 Å². The van der Waals surface area contributed by atoms with Gasteiger partial charge in [0.25, 0.3) is 0 Å². The van der Waals surface area contributed by atoms with Crippen molar-refractivity contribution in [3.05, 3.63) is 18.2 Å². The summed E-state index contributed by atoms with van der Waals surface area (Å²) in [6.45, 7) is 10.2. The molecular formula is C17H26N2O4S. The maximum atomic E-state index is 12.9. The van der Waals surface area contributed by atoms with E-state index in [-0.39, 0.29) is 18.3 Å². The molecule has 0 saturated heterocycles. The topological polar surface area (TPSA) is 75.7 Å². The van der Waals surface area contributed by atoms with E-state index >= 15 is 0 Å². The lowest BCUT2D eigenvalue weighted by atomic mass is 9.92. The summed E-state index contributed by atoms with van der Waals surface area (Å²) in [6, 6.07) is 5.05. The first-order valence-electron chi connectivity index (χ1n) is 8.15. The first kappa shape index (κ1) is 18.6. The van der Waals surface area contributed by atoms with Crippen molar-refractivity contribution < 1.29 is 17.9 Å². The van der Waals surface area contributed by atoms with E-state index in [1.165, 1.54) is 0 Å². The van der Waals surface area contributed by atoms with E-state index in [1.807, 2.05) is 13.8 Å². The van der Waals surface area contributed by atoms with Crippen LogP contribution >= 0.6 is 0 Å². The van der Waals surface area contributed by atoms with Crippen molar-refractivity contribution in [3.63, 3.8) is 0 Å². The number of sulfonamides is 1. The Bertz CT molecular complexity index is 726. The summed E-state index contributed by atoms with van der Waals surface area (Å²) in [6.07, 6.45) is 0. The van der Waals surface area contributed by atoms with Gasteiger partial charge in [-0.2, -0.15) is 0 Å². The van der Waals surface area contributed by atoms with E-state index in [0.717, 1.165) is 0 Å². The molecule has 0 fully saturated rings. The van der Waals surface area contributed by atoms with Gasteiger partial charge in [0.05, 0.1) is 22.5 Å². The molecule has 1 amide bonds. The predicted octanol–water partition coefficient (Wildman–Crippen LogP) is 2.86. The van der Waals surface area contributed by atoms with Crippen LogP contribution in [0.15, 0.2) is 18.2 Å². The molecule has 0 unspecified atom stereocenters. The lowest BCUT2D eigenvalue weighted by molar-refractivity contribution is -0.127. The molecule has 1 heterocycles. The van der Waals surface area contributed by atoms with Gasteiger partial charge in [0, 0.05) is 12.6 Å². The van der Waals surface area contributed by atoms with Crippen LogP contribution in [0.2, 0.25) is 0 Å². The predicted molar refractivity (Wildman–Crippen MR) is 96.0 cm³/mol. The van der Waals surface area contributed by atoms with Crippen LogP contribution < -0.4 is 14.4 Å². The zero-order valence-electron chi connectivity index (χ0n) is 14.9. The number of fused-ring (bicyclic) bond motifs is 1. The Kier molecular flexibility index (Phi) is 5.13. The summed E-state index contributed by atoms with van der Waals surface area (Å²) in [5, 5.41) is 0. The zero-order chi connectivity index (χ0) is 18.1. The SMILES string of the molecule is CCS(=O)(=O)Nc1ccc2c(c1)OCC(C)(C)C(=O)N2CC(C)C. The average molecular weight is 354 g/mol. The number of benzene rings is 1. The van der Waals surface area contributed by atoms with E-state index < -0.39 is 15.4 Å². The second kappa shape index (κ2) is 6.63. The molecule has 1 aliphatic heterocycles. The maximum absolute atomic E-state index is 12.9. The number of nitrogens with zero attached hydrogens (tertiary/aromatic N) is 1. The summed E-state index contributed by atoms with van der Waals surface area (Å²) >= 11 is 0. The Morgan fingerprint density at radius 2 is 2.00 bits per heavy atom. The van der Waals surface area contributed by atoms with Gasteiger partial charge in [0.1, 0.15) is 12.4 Å². The Balaban J connectivity index is 2.44. The molecule has 24 heavy (non-hydrogen) atoms. The zero-order valence-corrected chi connectivity index (χ0v) is 15.7. The van der Waals surface area contributed by atoms with E-state index in [4.69, 9.17) is 4.74 Å². The molecule has 7 heteroatoms. The minimum absolute atomic E-state index is 0.00403. The summed E-state index contributed by atoms with van der Waals surface area (Å²) in [4.78, 5) is 14.6. The van der Waals surface area contributed by atoms with Crippen molar-refractivity contribution in [2.24, 2.45) is 11.3 Å². The largest absolute Gasteiger partial charge is 0.490 e. The molecule has 0 radical (unpaired) electrons. The monoisotopic (exact) mass is 354 g/mol. The Hall–Kier alpha value is -1.76. The molecule has 0 spiro atoms. The highest BCUT2D eigenvalue weighted by molar-refractivity contribution is 7.92. The maximum Gasteiger partial charge on any atom is 0.236 e. The lowest BCUT2D eigenvalue weighted by Gasteiger charge is -2.29. The van der Waals surface area contributed by atoms with Crippen LogP contribution in [0.1, 0.15) is 34.6 Å². The van der Waals surface area contributed by atoms with Crippen molar-refractivity contribution in [1.29, 1.82) is 0 Å². The van der Waals surface area contributed by atoms with Gasteiger partial charge >= 0.3 is 0 Å². The number of hydrogen-bond acceptors (Lipinski definition) is 4. The van der Waals surface area contributed by atoms with Crippen molar-refractivity contribution >= 4 is 27.3 Å².